The van der Waals surface area contributed by atoms with E-state index in [1.165, 1.54) is 4.57 Å². The van der Waals surface area contributed by atoms with Crippen LogP contribution in [0.3, 0.4) is 0 Å². The first-order chi connectivity index (χ1) is 19.1. The van der Waals surface area contributed by atoms with Crippen LogP contribution in [-0.2, 0) is 26.1 Å². The molecule has 0 fully saturated rings. The maximum Gasteiger partial charge on any atom is 0.332 e. The van der Waals surface area contributed by atoms with Gasteiger partial charge in [-0.05, 0) is 45.4 Å². The molecule has 0 atom stereocenters. The molecule has 0 aliphatic rings. The Morgan fingerprint density at radius 1 is 0.925 bits per heavy atom. The van der Waals surface area contributed by atoms with Crippen molar-refractivity contribution in [3.8, 4) is 22.5 Å². The molecular weight excluding hydrogens is 504 g/mol. The van der Waals surface area contributed by atoms with Gasteiger partial charge in [-0.3, -0.25) is 13.9 Å². The number of aromatic nitrogens is 8. The van der Waals surface area contributed by atoms with Crippen LogP contribution in [0, 0.1) is 11.3 Å². The standard InChI is InChI=1S/C30H36N8O2/c1-7-36-27-25(28(39)38(29(36)40)17-19(2)3)37(24(31-27)16-30(4,5)6)18-20-12-14-21(15-13-20)22-10-8-9-11-23(22)26-32-34-35-33-26/h8-15,19H,7,16-18H2,1-6H3,(H,32,33,34,35). The lowest BCUT2D eigenvalue weighted by Crippen LogP contribution is -2.41. The molecule has 0 saturated heterocycles. The molecule has 3 aromatic heterocycles. The molecule has 0 amide bonds. The number of rotatable bonds is 8. The summed E-state index contributed by atoms with van der Waals surface area (Å²) >= 11 is 0. The first kappa shape index (κ1) is 27.2. The number of imidazole rings is 1. The van der Waals surface area contributed by atoms with Crippen LogP contribution in [-0.4, -0.2) is 39.3 Å². The summed E-state index contributed by atoms with van der Waals surface area (Å²) in [6.07, 6.45) is 0.667. The molecule has 1 N–H and O–H groups in total. The van der Waals surface area contributed by atoms with Gasteiger partial charge in [0.25, 0.3) is 5.56 Å². The number of H-pyrrole nitrogens is 1. The van der Waals surface area contributed by atoms with Crippen molar-refractivity contribution >= 4 is 11.2 Å². The van der Waals surface area contributed by atoms with E-state index in [1.54, 1.807) is 4.57 Å². The number of hydrogen-bond donors (Lipinski definition) is 1. The molecule has 0 spiro atoms. The fourth-order valence-corrected chi connectivity index (χ4v) is 5.11. The molecular formula is C30H36N8O2. The number of nitrogens with zero attached hydrogens (tertiary/aromatic N) is 7. The summed E-state index contributed by atoms with van der Waals surface area (Å²) in [5.41, 5.74) is 4.28. The first-order valence-electron chi connectivity index (χ1n) is 13.7. The maximum absolute atomic E-state index is 13.8. The molecule has 5 rings (SSSR count). The highest BCUT2D eigenvalue weighted by Crippen LogP contribution is 2.30. The van der Waals surface area contributed by atoms with Crippen LogP contribution in [0.15, 0.2) is 58.1 Å². The molecule has 0 radical (unpaired) electrons. The van der Waals surface area contributed by atoms with Gasteiger partial charge in [0.2, 0.25) is 0 Å². The Morgan fingerprint density at radius 2 is 1.62 bits per heavy atom. The van der Waals surface area contributed by atoms with E-state index in [-0.39, 0.29) is 22.6 Å². The summed E-state index contributed by atoms with van der Waals surface area (Å²) in [6, 6.07) is 16.2. The highest BCUT2D eigenvalue weighted by Gasteiger charge is 2.24. The second-order valence-corrected chi connectivity index (χ2v) is 11.9. The van der Waals surface area contributed by atoms with Gasteiger partial charge in [-0.25, -0.2) is 14.9 Å². The monoisotopic (exact) mass is 540 g/mol. The van der Waals surface area contributed by atoms with Crippen molar-refractivity contribution < 1.29 is 0 Å². The normalized spacial score (nSPS) is 12.1. The summed E-state index contributed by atoms with van der Waals surface area (Å²) in [7, 11) is 0. The fourth-order valence-electron chi connectivity index (χ4n) is 5.11. The third-order valence-electron chi connectivity index (χ3n) is 6.88. The van der Waals surface area contributed by atoms with E-state index < -0.39 is 0 Å². The molecule has 0 bridgehead atoms. The van der Waals surface area contributed by atoms with Gasteiger partial charge in [0, 0.05) is 31.6 Å². The number of aryl methyl sites for hydroxylation is 1. The summed E-state index contributed by atoms with van der Waals surface area (Å²) < 4.78 is 5.00. The van der Waals surface area contributed by atoms with Gasteiger partial charge in [-0.15, -0.1) is 5.10 Å². The second-order valence-electron chi connectivity index (χ2n) is 11.9. The Balaban J connectivity index is 1.62. The highest BCUT2D eigenvalue weighted by molar-refractivity contribution is 5.80. The Hall–Kier alpha value is -4.34. The fraction of sp³-hybridized carbons (Fsp3) is 0.400. The van der Waals surface area contributed by atoms with Crippen LogP contribution in [0.5, 0.6) is 0 Å². The predicted octanol–water partition coefficient (Wildman–Crippen LogP) is 4.52. The minimum absolute atomic E-state index is 0.0590. The predicted molar refractivity (Wildman–Crippen MR) is 156 cm³/mol. The van der Waals surface area contributed by atoms with Crippen LogP contribution < -0.4 is 11.2 Å². The summed E-state index contributed by atoms with van der Waals surface area (Å²) in [5, 5.41) is 14.4. The van der Waals surface area contributed by atoms with E-state index in [0.29, 0.717) is 43.0 Å². The van der Waals surface area contributed by atoms with Crippen LogP contribution in [0.1, 0.15) is 52.9 Å². The molecule has 0 unspecified atom stereocenters. The topological polar surface area (TPSA) is 116 Å². The number of nitrogens with one attached hydrogen (secondary N) is 1. The third-order valence-corrected chi connectivity index (χ3v) is 6.88. The van der Waals surface area contributed by atoms with Gasteiger partial charge in [0.1, 0.15) is 5.82 Å². The van der Waals surface area contributed by atoms with Gasteiger partial charge in [0.05, 0.1) is 0 Å². The number of benzene rings is 2. The van der Waals surface area contributed by atoms with Crippen molar-refractivity contribution in [3.05, 3.63) is 80.8 Å². The zero-order chi connectivity index (χ0) is 28.6. The van der Waals surface area contributed by atoms with Crippen LogP contribution >= 0.6 is 0 Å². The molecule has 10 nitrogen and oxygen atoms in total. The van der Waals surface area contributed by atoms with Crippen LogP contribution in [0.25, 0.3) is 33.7 Å². The lowest BCUT2D eigenvalue weighted by atomic mass is 9.92. The molecule has 0 aliphatic heterocycles. The van der Waals surface area contributed by atoms with Crippen molar-refractivity contribution in [2.24, 2.45) is 11.3 Å². The number of fused-ring (bicyclic) bond motifs is 1. The van der Waals surface area contributed by atoms with E-state index in [0.717, 1.165) is 28.1 Å². The second kappa shape index (κ2) is 10.7. The first-order valence-corrected chi connectivity index (χ1v) is 13.7. The minimum atomic E-state index is -0.300. The van der Waals surface area contributed by atoms with E-state index in [1.807, 2.05) is 49.6 Å². The Kier molecular flexibility index (Phi) is 7.27. The van der Waals surface area contributed by atoms with Crippen LogP contribution in [0.2, 0.25) is 0 Å². The Bertz CT molecular complexity index is 1750. The lowest BCUT2D eigenvalue weighted by Gasteiger charge is -2.19. The zero-order valence-corrected chi connectivity index (χ0v) is 24.0. The van der Waals surface area contributed by atoms with E-state index >= 15 is 0 Å². The van der Waals surface area contributed by atoms with Crippen molar-refractivity contribution in [2.45, 2.75) is 67.6 Å². The molecule has 10 heteroatoms. The van der Waals surface area contributed by atoms with E-state index in [9.17, 15) is 9.59 Å². The molecule has 208 valence electrons. The van der Waals surface area contributed by atoms with Crippen molar-refractivity contribution in [1.82, 2.24) is 39.3 Å². The number of tetrazole rings is 1. The Labute approximate surface area is 232 Å². The average Bonchev–Trinajstić information content (AvgIpc) is 3.55. The SMILES string of the molecule is CCn1c(=O)n(CC(C)C)c(=O)c2c1nc(CC(C)(C)C)n2Cc1ccc(-c2ccccc2-c2nnn[nH]2)cc1. The molecule has 0 saturated carbocycles. The minimum Gasteiger partial charge on any atom is -0.318 e. The van der Waals surface area contributed by atoms with Gasteiger partial charge >= 0.3 is 5.69 Å². The number of hydrogen-bond acceptors (Lipinski definition) is 6. The summed E-state index contributed by atoms with van der Waals surface area (Å²) in [5.74, 6) is 1.56. The van der Waals surface area contributed by atoms with Crippen molar-refractivity contribution in [3.63, 3.8) is 0 Å². The van der Waals surface area contributed by atoms with Crippen LogP contribution in [0.4, 0.5) is 0 Å². The highest BCUT2D eigenvalue weighted by atomic mass is 16.2. The van der Waals surface area contributed by atoms with Crippen molar-refractivity contribution in [1.29, 1.82) is 0 Å². The van der Waals surface area contributed by atoms with E-state index in [2.05, 4.69) is 65.7 Å². The summed E-state index contributed by atoms with van der Waals surface area (Å²) in [4.78, 5) is 32.0. The molecule has 2 aromatic carbocycles. The van der Waals surface area contributed by atoms with E-state index in [4.69, 9.17) is 4.98 Å². The Morgan fingerprint density at radius 3 is 2.23 bits per heavy atom. The third kappa shape index (κ3) is 5.25. The molecule has 3 heterocycles. The average molecular weight is 541 g/mol. The quantitative estimate of drug-likeness (QED) is 0.309. The van der Waals surface area contributed by atoms with Gasteiger partial charge in [-0.1, -0.05) is 83.1 Å². The van der Waals surface area contributed by atoms with Gasteiger partial charge in [-0.2, -0.15) is 0 Å². The summed E-state index contributed by atoms with van der Waals surface area (Å²) in [6.45, 7) is 13.6. The lowest BCUT2D eigenvalue weighted by molar-refractivity contribution is 0.394. The number of aromatic amines is 1. The maximum atomic E-state index is 13.8. The molecule has 5 aromatic rings. The smallest absolute Gasteiger partial charge is 0.318 e. The van der Waals surface area contributed by atoms with Gasteiger partial charge in [0.15, 0.2) is 17.0 Å². The largest absolute Gasteiger partial charge is 0.332 e. The molecule has 0 aliphatic carbocycles. The van der Waals surface area contributed by atoms with Crippen molar-refractivity contribution in [2.75, 3.05) is 0 Å². The van der Waals surface area contributed by atoms with Gasteiger partial charge < -0.3 is 4.57 Å². The molecule has 40 heavy (non-hydrogen) atoms. The zero-order valence-electron chi connectivity index (χ0n) is 24.0.